The molecule has 0 radical (unpaired) electrons. The Balaban J connectivity index is 1.40. The normalized spacial score (nSPS) is 13.8. The van der Waals surface area contributed by atoms with Gasteiger partial charge in [0.1, 0.15) is 0 Å². The summed E-state index contributed by atoms with van der Waals surface area (Å²) in [4.78, 5) is 16.1. The van der Waals surface area contributed by atoms with E-state index in [1.807, 2.05) is 45.8 Å². The maximum atomic E-state index is 11.9. The number of piperazine rings is 1. The Morgan fingerprint density at radius 2 is 1.54 bits per heavy atom. The van der Waals surface area contributed by atoms with Crippen LogP contribution in [0.3, 0.4) is 0 Å². The fourth-order valence-electron chi connectivity index (χ4n) is 5.06. The Hall–Kier alpha value is -4.65. The molecule has 5 aromatic rings. The van der Waals surface area contributed by atoms with E-state index in [0.29, 0.717) is 13.1 Å². The second kappa shape index (κ2) is 9.43. The first-order valence-corrected chi connectivity index (χ1v) is 12.4. The third-order valence-electron chi connectivity index (χ3n) is 7.04. The Kier molecular flexibility index (Phi) is 5.81. The zero-order valence-electron chi connectivity index (χ0n) is 20.8. The Labute approximate surface area is 215 Å². The number of pyridine rings is 1. The molecule has 0 N–H and O–H groups in total. The van der Waals surface area contributed by atoms with E-state index in [1.54, 1.807) is 0 Å². The van der Waals surface area contributed by atoms with Gasteiger partial charge < -0.3 is 9.80 Å². The van der Waals surface area contributed by atoms with Crippen molar-refractivity contribution in [3.05, 3.63) is 98.1 Å². The number of nitrogens with zero attached hydrogens (tertiary/aromatic N) is 6. The molecule has 3 aromatic heterocycles. The molecule has 1 aliphatic rings. The lowest BCUT2D eigenvalue weighted by Gasteiger charge is -2.35. The van der Waals surface area contributed by atoms with Crippen molar-refractivity contribution in [3.63, 3.8) is 0 Å². The standard InChI is InChI=1S/C30H28N6O/c1-3-29(37)35-15-13-34(14-16-35)26-11-9-23(10-12-26)27-17-24(25-18-31-33(2)20-25)21-36-30(27)28(19-32-36)22-7-5-4-6-8-22/h3-12,17-21H,1,13-16H2,2H3. The van der Waals surface area contributed by atoms with Crippen LogP contribution in [0.2, 0.25) is 0 Å². The summed E-state index contributed by atoms with van der Waals surface area (Å²) in [5.74, 6) is 0.00235. The van der Waals surface area contributed by atoms with Gasteiger partial charge in [-0.15, -0.1) is 0 Å². The molecular formula is C30H28N6O. The largest absolute Gasteiger partial charge is 0.368 e. The minimum absolute atomic E-state index is 0.00235. The lowest BCUT2D eigenvalue weighted by molar-refractivity contribution is -0.126. The second-order valence-corrected chi connectivity index (χ2v) is 9.33. The average molecular weight is 489 g/mol. The van der Waals surface area contributed by atoms with Gasteiger partial charge in [-0.25, -0.2) is 4.52 Å². The van der Waals surface area contributed by atoms with E-state index < -0.39 is 0 Å². The molecule has 1 amide bonds. The van der Waals surface area contributed by atoms with Gasteiger partial charge >= 0.3 is 0 Å². The van der Waals surface area contributed by atoms with Crippen molar-refractivity contribution in [2.75, 3.05) is 31.1 Å². The summed E-state index contributed by atoms with van der Waals surface area (Å²) in [6.45, 7) is 6.63. The van der Waals surface area contributed by atoms with E-state index in [2.05, 4.69) is 77.4 Å². The van der Waals surface area contributed by atoms with Crippen LogP contribution in [0, 0.1) is 0 Å². The fraction of sp³-hybridized carbons (Fsp3) is 0.167. The summed E-state index contributed by atoms with van der Waals surface area (Å²) in [5.41, 5.74) is 8.81. The van der Waals surface area contributed by atoms with Crippen LogP contribution in [0.5, 0.6) is 0 Å². The monoisotopic (exact) mass is 488 g/mol. The minimum Gasteiger partial charge on any atom is -0.368 e. The van der Waals surface area contributed by atoms with Gasteiger partial charge in [0.25, 0.3) is 0 Å². The topological polar surface area (TPSA) is 58.7 Å². The second-order valence-electron chi connectivity index (χ2n) is 9.33. The third kappa shape index (κ3) is 4.29. The van der Waals surface area contributed by atoms with Crippen molar-refractivity contribution >= 4 is 17.1 Å². The number of amides is 1. The summed E-state index contributed by atoms with van der Waals surface area (Å²) in [6.07, 6.45) is 9.31. The van der Waals surface area contributed by atoms with E-state index in [9.17, 15) is 4.79 Å². The number of fused-ring (bicyclic) bond motifs is 1. The smallest absolute Gasteiger partial charge is 0.246 e. The lowest BCUT2D eigenvalue weighted by atomic mass is 9.97. The van der Waals surface area contributed by atoms with Crippen molar-refractivity contribution in [2.45, 2.75) is 0 Å². The highest BCUT2D eigenvalue weighted by Gasteiger charge is 2.20. The van der Waals surface area contributed by atoms with Crippen molar-refractivity contribution < 1.29 is 4.79 Å². The predicted octanol–water partition coefficient (Wildman–Crippen LogP) is 4.90. The van der Waals surface area contributed by atoms with Gasteiger partial charge in [-0.1, -0.05) is 49.0 Å². The molecule has 7 heteroatoms. The summed E-state index contributed by atoms with van der Waals surface area (Å²) in [7, 11) is 1.93. The summed E-state index contributed by atoms with van der Waals surface area (Å²) >= 11 is 0. The first-order valence-electron chi connectivity index (χ1n) is 12.4. The molecule has 0 aliphatic carbocycles. The number of hydrogen-bond acceptors (Lipinski definition) is 4. The number of aryl methyl sites for hydroxylation is 1. The van der Waals surface area contributed by atoms with Crippen LogP contribution in [0.15, 0.2) is 98.1 Å². The first-order chi connectivity index (χ1) is 18.1. The van der Waals surface area contributed by atoms with Crippen LogP contribution in [-0.2, 0) is 11.8 Å². The Bertz CT molecular complexity index is 1570. The maximum Gasteiger partial charge on any atom is 0.246 e. The van der Waals surface area contributed by atoms with Gasteiger partial charge in [-0.05, 0) is 35.4 Å². The molecule has 0 atom stereocenters. The van der Waals surface area contributed by atoms with E-state index in [1.165, 1.54) is 6.08 Å². The van der Waals surface area contributed by atoms with Crippen LogP contribution in [0.1, 0.15) is 0 Å². The van der Waals surface area contributed by atoms with Crippen LogP contribution in [0.4, 0.5) is 5.69 Å². The predicted molar refractivity (Wildman–Crippen MR) is 147 cm³/mol. The van der Waals surface area contributed by atoms with Gasteiger partial charge in [0.2, 0.25) is 5.91 Å². The van der Waals surface area contributed by atoms with Gasteiger partial charge in [0, 0.05) is 73.6 Å². The highest BCUT2D eigenvalue weighted by Crippen LogP contribution is 2.36. The number of benzene rings is 2. The van der Waals surface area contributed by atoms with Crippen LogP contribution in [0.25, 0.3) is 38.9 Å². The van der Waals surface area contributed by atoms with Crippen LogP contribution in [-0.4, -0.2) is 56.4 Å². The molecule has 1 aliphatic heterocycles. The van der Waals surface area contributed by atoms with Crippen LogP contribution < -0.4 is 4.90 Å². The molecule has 1 saturated heterocycles. The molecule has 2 aromatic carbocycles. The Morgan fingerprint density at radius 3 is 2.22 bits per heavy atom. The number of hydrogen-bond donors (Lipinski definition) is 0. The molecule has 0 bridgehead atoms. The van der Waals surface area contributed by atoms with E-state index >= 15 is 0 Å². The molecule has 7 nitrogen and oxygen atoms in total. The molecule has 4 heterocycles. The molecule has 1 fully saturated rings. The van der Waals surface area contributed by atoms with Crippen LogP contribution >= 0.6 is 0 Å². The molecule has 184 valence electrons. The SMILES string of the molecule is C=CC(=O)N1CCN(c2ccc(-c3cc(-c4cnn(C)c4)cn4ncc(-c5ccccc5)c34)cc2)CC1. The van der Waals surface area contributed by atoms with Crippen molar-refractivity contribution in [2.24, 2.45) is 7.05 Å². The fourth-order valence-corrected chi connectivity index (χ4v) is 5.06. The number of carbonyl (C=O) groups is 1. The van der Waals surface area contributed by atoms with Crippen molar-refractivity contribution in [1.82, 2.24) is 24.3 Å². The Morgan fingerprint density at radius 1 is 0.811 bits per heavy atom. The van der Waals surface area contributed by atoms with Gasteiger partial charge in [0.15, 0.2) is 0 Å². The van der Waals surface area contributed by atoms with Crippen molar-refractivity contribution in [3.8, 4) is 33.4 Å². The lowest BCUT2D eigenvalue weighted by Crippen LogP contribution is -2.48. The third-order valence-corrected chi connectivity index (χ3v) is 7.04. The zero-order chi connectivity index (χ0) is 25.4. The molecular weight excluding hydrogens is 460 g/mol. The van der Waals surface area contributed by atoms with Crippen molar-refractivity contribution in [1.29, 1.82) is 0 Å². The number of carbonyl (C=O) groups excluding carboxylic acids is 1. The molecule has 6 rings (SSSR count). The maximum absolute atomic E-state index is 11.9. The highest BCUT2D eigenvalue weighted by atomic mass is 16.2. The quantitative estimate of drug-likeness (QED) is 0.330. The summed E-state index contributed by atoms with van der Waals surface area (Å²) in [5, 5.41) is 9.10. The van der Waals surface area contributed by atoms with Gasteiger partial charge in [-0.3, -0.25) is 9.48 Å². The highest BCUT2D eigenvalue weighted by molar-refractivity contribution is 5.94. The summed E-state index contributed by atoms with van der Waals surface area (Å²) in [6, 6.07) is 21.3. The molecule has 37 heavy (non-hydrogen) atoms. The van der Waals surface area contributed by atoms with E-state index in [0.717, 1.165) is 57.7 Å². The molecule has 0 saturated carbocycles. The number of anilines is 1. The van der Waals surface area contributed by atoms with Gasteiger partial charge in [-0.2, -0.15) is 10.2 Å². The molecule has 0 spiro atoms. The number of aromatic nitrogens is 4. The minimum atomic E-state index is 0.00235. The van der Waals surface area contributed by atoms with E-state index in [4.69, 9.17) is 5.10 Å². The molecule has 0 unspecified atom stereocenters. The average Bonchev–Trinajstić information content (AvgIpc) is 3.59. The number of rotatable bonds is 5. The van der Waals surface area contributed by atoms with Gasteiger partial charge in [0.05, 0.1) is 17.9 Å². The zero-order valence-corrected chi connectivity index (χ0v) is 20.8. The summed E-state index contributed by atoms with van der Waals surface area (Å²) < 4.78 is 3.79. The first kappa shape index (κ1) is 22.8. The van der Waals surface area contributed by atoms with E-state index in [-0.39, 0.29) is 5.91 Å².